The van der Waals surface area contributed by atoms with E-state index >= 15 is 0 Å². The lowest BCUT2D eigenvalue weighted by atomic mass is 10.1. The smallest absolute Gasteiger partial charge is 0.292 e. The van der Waals surface area contributed by atoms with Gasteiger partial charge in [0.2, 0.25) is 6.79 Å². The summed E-state index contributed by atoms with van der Waals surface area (Å²) in [5, 5.41) is 3.38. The molecule has 0 radical (unpaired) electrons. The number of fused-ring (bicyclic) bond motifs is 1. The standard InChI is InChI=1S/C12H17NO2.C2H4O2/c1-2-6-13-7-5-10-3-4-11-12(8-10)15-9-14-11;1-4-2-3/h3-4,8,13H,2,5-7,9H2,1H3;2H,1H3. The van der Waals surface area contributed by atoms with Crippen LogP contribution < -0.4 is 14.8 Å². The fraction of sp³-hybridized carbons (Fsp3) is 0.500. The average Bonchev–Trinajstić information content (AvgIpc) is 2.91. The van der Waals surface area contributed by atoms with Crippen molar-refractivity contribution < 1.29 is 19.0 Å². The van der Waals surface area contributed by atoms with Crippen LogP contribution in [0.15, 0.2) is 18.2 Å². The second-order valence-corrected chi connectivity index (χ2v) is 4.02. The van der Waals surface area contributed by atoms with E-state index in [0.717, 1.165) is 31.0 Å². The molecule has 1 aliphatic heterocycles. The fourth-order valence-corrected chi connectivity index (χ4v) is 1.63. The highest BCUT2D eigenvalue weighted by atomic mass is 16.7. The zero-order valence-electron chi connectivity index (χ0n) is 11.5. The number of hydrogen-bond donors (Lipinski definition) is 1. The van der Waals surface area contributed by atoms with Crippen molar-refractivity contribution in [2.75, 3.05) is 27.0 Å². The molecule has 1 aromatic carbocycles. The Morgan fingerprint density at radius 2 is 2.05 bits per heavy atom. The van der Waals surface area contributed by atoms with Crippen LogP contribution in [0.1, 0.15) is 18.9 Å². The first-order valence-electron chi connectivity index (χ1n) is 6.37. The van der Waals surface area contributed by atoms with Crippen LogP contribution in [0.3, 0.4) is 0 Å². The van der Waals surface area contributed by atoms with Gasteiger partial charge in [0.15, 0.2) is 11.5 Å². The average molecular weight is 267 g/mol. The normalized spacial score (nSPS) is 11.5. The van der Waals surface area contributed by atoms with Gasteiger partial charge in [-0.15, -0.1) is 0 Å². The van der Waals surface area contributed by atoms with Crippen molar-refractivity contribution >= 4 is 6.47 Å². The van der Waals surface area contributed by atoms with Crippen LogP contribution in [0, 0.1) is 0 Å². The molecule has 5 nitrogen and oxygen atoms in total. The van der Waals surface area contributed by atoms with Crippen LogP contribution >= 0.6 is 0 Å². The first-order valence-corrected chi connectivity index (χ1v) is 6.37. The molecule has 2 rings (SSSR count). The van der Waals surface area contributed by atoms with Gasteiger partial charge in [-0.1, -0.05) is 13.0 Å². The number of hydrogen-bond acceptors (Lipinski definition) is 5. The van der Waals surface area contributed by atoms with Crippen LogP contribution in [0.5, 0.6) is 11.5 Å². The van der Waals surface area contributed by atoms with Gasteiger partial charge in [-0.2, -0.15) is 0 Å². The highest BCUT2D eigenvalue weighted by Gasteiger charge is 2.12. The maximum Gasteiger partial charge on any atom is 0.292 e. The maximum atomic E-state index is 8.95. The molecule has 0 aromatic heterocycles. The van der Waals surface area contributed by atoms with E-state index in [1.54, 1.807) is 0 Å². The largest absolute Gasteiger partial charge is 0.471 e. The van der Waals surface area contributed by atoms with Gasteiger partial charge in [0.1, 0.15) is 0 Å². The topological polar surface area (TPSA) is 56.8 Å². The molecule has 0 aliphatic carbocycles. The van der Waals surface area contributed by atoms with Crippen molar-refractivity contribution in [1.29, 1.82) is 0 Å². The second kappa shape index (κ2) is 9.22. The van der Waals surface area contributed by atoms with Crippen molar-refractivity contribution in [2.45, 2.75) is 19.8 Å². The van der Waals surface area contributed by atoms with E-state index in [-0.39, 0.29) is 0 Å². The predicted molar refractivity (Wildman–Crippen MR) is 72.5 cm³/mol. The number of ether oxygens (including phenoxy) is 3. The molecule has 0 bridgehead atoms. The minimum atomic E-state index is 0.354. The number of rotatable bonds is 6. The molecule has 0 amide bonds. The van der Waals surface area contributed by atoms with Gasteiger partial charge in [0, 0.05) is 0 Å². The Balaban J connectivity index is 0.000000399. The molecular formula is C14H21NO4. The molecule has 0 saturated carbocycles. The first-order chi connectivity index (χ1) is 9.31. The van der Waals surface area contributed by atoms with Gasteiger partial charge in [0.05, 0.1) is 7.11 Å². The third-order valence-corrected chi connectivity index (χ3v) is 2.55. The third kappa shape index (κ3) is 5.61. The van der Waals surface area contributed by atoms with Crippen molar-refractivity contribution in [3.63, 3.8) is 0 Å². The van der Waals surface area contributed by atoms with Crippen LogP contribution in [-0.2, 0) is 16.0 Å². The zero-order chi connectivity index (χ0) is 13.9. The second-order valence-electron chi connectivity index (χ2n) is 4.02. The number of carbonyl (C=O) groups excluding carboxylic acids is 1. The van der Waals surface area contributed by atoms with Gasteiger partial charge >= 0.3 is 0 Å². The fourth-order valence-electron chi connectivity index (χ4n) is 1.63. The molecule has 19 heavy (non-hydrogen) atoms. The highest BCUT2D eigenvalue weighted by molar-refractivity contribution is 5.44. The molecule has 1 aromatic rings. The SMILES string of the molecule is CCCNCCc1ccc2c(c1)OCO2.COC=O. The summed E-state index contributed by atoms with van der Waals surface area (Å²) in [6, 6.07) is 6.15. The molecule has 5 heteroatoms. The predicted octanol–water partition coefficient (Wildman–Crippen LogP) is 1.75. The minimum absolute atomic E-state index is 0.354. The van der Waals surface area contributed by atoms with Crippen molar-refractivity contribution in [1.82, 2.24) is 5.32 Å². The summed E-state index contributed by atoms with van der Waals surface area (Å²) in [6.45, 7) is 5.01. The van der Waals surface area contributed by atoms with E-state index in [4.69, 9.17) is 14.3 Å². The van der Waals surface area contributed by atoms with Gasteiger partial charge in [-0.25, -0.2) is 0 Å². The van der Waals surface area contributed by atoms with Gasteiger partial charge < -0.3 is 19.5 Å². The zero-order valence-corrected chi connectivity index (χ0v) is 11.5. The quantitative estimate of drug-likeness (QED) is 0.628. The van der Waals surface area contributed by atoms with E-state index in [2.05, 4.69) is 29.1 Å². The summed E-state index contributed by atoms with van der Waals surface area (Å²) in [6.07, 6.45) is 2.22. The van der Waals surface area contributed by atoms with Crippen LogP contribution in [0.25, 0.3) is 0 Å². The summed E-state index contributed by atoms with van der Waals surface area (Å²) in [5.74, 6) is 1.74. The summed E-state index contributed by atoms with van der Waals surface area (Å²) in [4.78, 5) is 8.95. The molecule has 106 valence electrons. The number of carbonyl (C=O) groups is 1. The van der Waals surface area contributed by atoms with E-state index in [0.29, 0.717) is 13.3 Å². The van der Waals surface area contributed by atoms with Gasteiger partial charge in [-0.3, -0.25) is 4.79 Å². The molecule has 0 unspecified atom stereocenters. The Labute approximate surface area is 113 Å². The number of methoxy groups -OCH3 is 1. The molecule has 0 saturated heterocycles. The molecule has 1 heterocycles. The first kappa shape index (κ1) is 15.3. The van der Waals surface area contributed by atoms with Crippen LogP contribution in [0.4, 0.5) is 0 Å². The summed E-state index contributed by atoms with van der Waals surface area (Å²) in [5.41, 5.74) is 1.29. The van der Waals surface area contributed by atoms with Crippen molar-refractivity contribution in [3.8, 4) is 11.5 Å². The van der Waals surface area contributed by atoms with Crippen molar-refractivity contribution in [2.24, 2.45) is 0 Å². The molecule has 1 aliphatic rings. The Hall–Kier alpha value is -1.75. The molecule has 0 spiro atoms. The number of nitrogens with one attached hydrogen (secondary N) is 1. The van der Waals surface area contributed by atoms with Crippen molar-refractivity contribution in [3.05, 3.63) is 23.8 Å². The van der Waals surface area contributed by atoms with E-state index in [9.17, 15) is 0 Å². The van der Waals surface area contributed by atoms with Gasteiger partial charge in [0.25, 0.3) is 6.47 Å². The molecular weight excluding hydrogens is 246 g/mol. The van der Waals surface area contributed by atoms with Crippen LogP contribution in [0.2, 0.25) is 0 Å². The van der Waals surface area contributed by atoms with E-state index in [1.165, 1.54) is 19.1 Å². The molecule has 0 atom stereocenters. The lowest BCUT2D eigenvalue weighted by Crippen LogP contribution is -2.17. The monoisotopic (exact) mass is 267 g/mol. The maximum absolute atomic E-state index is 8.95. The Kier molecular flexibility index (Phi) is 7.43. The van der Waals surface area contributed by atoms with Crippen LogP contribution in [-0.4, -0.2) is 33.5 Å². The number of benzene rings is 1. The van der Waals surface area contributed by atoms with Gasteiger partial charge in [-0.05, 0) is 43.6 Å². The summed E-state index contributed by atoms with van der Waals surface area (Å²) >= 11 is 0. The lowest BCUT2D eigenvalue weighted by Gasteiger charge is -2.04. The van der Waals surface area contributed by atoms with E-state index in [1.807, 2.05) is 6.07 Å². The van der Waals surface area contributed by atoms with E-state index < -0.39 is 0 Å². The highest BCUT2D eigenvalue weighted by Crippen LogP contribution is 2.32. The Bertz CT molecular complexity index is 382. The molecule has 1 N–H and O–H groups in total. The Morgan fingerprint density at radius 1 is 1.32 bits per heavy atom. The summed E-state index contributed by atoms with van der Waals surface area (Å²) in [7, 11) is 1.31. The summed E-state index contributed by atoms with van der Waals surface area (Å²) < 4.78 is 14.4. The minimum Gasteiger partial charge on any atom is -0.471 e. The Morgan fingerprint density at radius 3 is 2.74 bits per heavy atom. The third-order valence-electron chi connectivity index (χ3n) is 2.55. The molecule has 0 fully saturated rings. The lowest BCUT2D eigenvalue weighted by molar-refractivity contribution is -0.126.